The Morgan fingerprint density at radius 1 is 1.12 bits per heavy atom. The molecule has 5 rings (SSSR count). The lowest BCUT2D eigenvalue weighted by molar-refractivity contribution is -0.135. The molecule has 0 radical (unpaired) electrons. The first kappa shape index (κ1) is 19.7. The van der Waals surface area contributed by atoms with Gasteiger partial charge in [0.15, 0.2) is 16.9 Å². The number of aromatic hydroxyl groups is 2. The minimum atomic E-state index is -0.496. The lowest BCUT2D eigenvalue weighted by Crippen LogP contribution is -2.23. The van der Waals surface area contributed by atoms with Crippen molar-refractivity contribution in [1.29, 1.82) is 0 Å². The third-order valence-corrected chi connectivity index (χ3v) is 5.60. The lowest BCUT2D eigenvalue weighted by atomic mass is 9.88. The fourth-order valence-corrected chi connectivity index (χ4v) is 4.12. The van der Waals surface area contributed by atoms with Crippen molar-refractivity contribution in [2.45, 2.75) is 12.3 Å². The first-order valence-corrected chi connectivity index (χ1v) is 9.77. The molecule has 2 N–H and O–H groups in total. The van der Waals surface area contributed by atoms with Crippen molar-refractivity contribution in [2.24, 2.45) is 7.05 Å². The topological polar surface area (TPSA) is 124 Å². The molecule has 0 amide bonds. The van der Waals surface area contributed by atoms with E-state index in [9.17, 15) is 19.8 Å². The molecule has 0 aliphatic carbocycles. The molecule has 1 unspecified atom stereocenters. The van der Waals surface area contributed by atoms with Gasteiger partial charge < -0.3 is 24.1 Å². The fraction of sp³-hybridized carbons (Fsp3) is 0.174. The minimum Gasteiger partial charge on any atom is -0.507 e. The Bertz CT molecular complexity index is 1450. The third kappa shape index (κ3) is 2.97. The van der Waals surface area contributed by atoms with Crippen molar-refractivity contribution in [3.8, 4) is 34.3 Å². The largest absolute Gasteiger partial charge is 0.507 e. The Morgan fingerprint density at radius 2 is 1.94 bits per heavy atom. The Labute approximate surface area is 181 Å². The van der Waals surface area contributed by atoms with Gasteiger partial charge in [0, 0.05) is 48.1 Å². The number of aromatic nitrogens is 2. The van der Waals surface area contributed by atoms with Crippen molar-refractivity contribution in [3.05, 3.63) is 64.1 Å². The van der Waals surface area contributed by atoms with E-state index in [0.717, 1.165) is 5.69 Å². The summed E-state index contributed by atoms with van der Waals surface area (Å²) in [5.41, 5.74) is 1.26. The van der Waals surface area contributed by atoms with Crippen molar-refractivity contribution in [1.82, 2.24) is 9.78 Å². The van der Waals surface area contributed by atoms with Gasteiger partial charge in [-0.1, -0.05) is 0 Å². The van der Waals surface area contributed by atoms with Gasteiger partial charge in [-0.25, -0.2) is 0 Å². The first-order chi connectivity index (χ1) is 15.4. The number of carbonyl (C=O) groups excluding carboxylic acids is 1. The lowest BCUT2D eigenvalue weighted by Gasteiger charge is -2.25. The van der Waals surface area contributed by atoms with E-state index in [1.165, 1.54) is 25.3 Å². The second-order valence-corrected chi connectivity index (χ2v) is 7.48. The third-order valence-electron chi connectivity index (χ3n) is 5.60. The van der Waals surface area contributed by atoms with Crippen LogP contribution in [-0.4, -0.2) is 33.1 Å². The van der Waals surface area contributed by atoms with Gasteiger partial charge in [0.1, 0.15) is 28.2 Å². The van der Waals surface area contributed by atoms with E-state index < -0.39 is 17.3 Å². The highest BCUT2D eigenvalue weighted by Gasteiger charge is 2.35. The number of fused-ring (bicyclic) bond motifs is 3. The highest BCUT2D eigenvalue weighted by atomic mass is 16.5. The maximum Gasteiger partial charge on any atom is 0.312 e. The summed E-state index contributed by atoms with van der Waals surface area (Å²) in [6.07, 6.45) is 1.63. The molecule has 9 nitrogen and oxygen atoms in total. The molecule has 0 saturated heterocycles. The van der Waals surface area contributed by atoms with Crippen LogP contribution in [-0.2, 0) is 11.8 Å². The van der Waals surface area contributed by atoms with Crippen LogP contribution in [0.1, 0.15) is 23.6 Å². The molecule has 32 heavy (non-hydrogen) atoms. The van der Waals surface area contributed by atoms with Crippen LogP contribution in [0, 0.1) is 0 Å². The molecule has 1 aliphatic heterocycles. The second-order valence-electron chi connectivity index (χ2n) is 7.48. The number of esters is 1. The Morgan fingerprint density at radius 3 is 2.62 bits per heavy atom. The zero-order valence-corrected chi connectivity index (χ0v) is 17.2. The molecule has 1 atom stereocenters. The summed E-state index contributed by atoms with van der Waals surface area (Å²) in [5.74, 6) is -0.868. The number of methoxy groups -OCH3 is 1. The molecule has 3 heterocycles. The van der Waals surface area contributed by atoms with E-state index in [0.29, 0.717) is 11.1 Å². The maximum absolute atomic E-state index is 13.0. The molecule has 162 valence electrons. The number of ether oxygens (including phenoxy) is 2. The Kier molecular flexibility index (Phi) is 4.40. The molecule has 1 aliphatic rings. The molecular formula is C23H18N2O7. The van der Waals surface area contributed by atoms with Gasteiger partial charge >= 0.3 is 5.97 Å². The van der Waals surface area contributed by atoms with Crippen molar-refractivity contribution >= 4 is 16.9 Å². The second kappa shape index (κ2) is 7.16. The van der Waals surface area contributed by atoms with E-state index in [1.54, 1.807) is 36.1 Å². The predicted molar refractivity (Wildman–Crippen MR) is 113 cm³/mol. The van der Waals surface area contributed by atoms with Crippen LogP contribution in [0.5, 0.6) is 23.0 Å². The quantitative estimate of drug-likeness (QED) is 0.372. The van der Waals surface area contributed by atoms with Gasteiger partial charge in [0.2, 0.25) is 0 Å². The summed E-state index contributed by atoms with van der Waals surface area (Å²) in [6.45, 7) is 0. The van der Waals surface area contributed by atoms with Crippen LogP contribution in [0.15, 0.2) is 51.8 Å². The van der Waals surface area contributed by atoms with Gasteiger partial charge in [0.05, 0.1) is 13.5 Å². The minimum absolute atomic E-state index is 0.0175. The van der Waals surface area contributed by atoms with Gasteiger partial charge in [-0.05, 0) is 24.3 Å². The number of aryl methyl sites for hydroxylation is 1. The Hall–Kier alpha value is -4.27. The van der Waals surface area contributed by atoms with Gasteiger partial charge in [0.25, 0.3) is 0 Å². The molecule has 0 spiro atoms. The summed E-state index contributed by atoms with van der Waals surface area (Å²) in [4.78, 5) is 25.3. The molecule has 9 heteroatoms. The molecule has 0 bridgehead atoms. The number of rotatable bonds is 3. The van der Waals surface area contributed by atoms with E-state index in [4.69, 9.17) is 13.9 Å². The monoisotopic (exact) mass is 434 g/mol. The first-order valence-electron chi connectivity index (χ1n) is 9.77. The number of phenols is 2. The van der Waals surface area contributed by atoms with Gasteiger partial charge in [-0.3, -0.25) is 14.3 Å². The SMILES string of the molecule is COc1ccc(-c2cc(=O)c3c(O)cc4c(c3o2)C(c2ccnn2C)CC(=O)O4)cc1O. The highest BCUT2D eigenvalue weighted by Crippen LogP contribution is 2.46. The Balaban J connectivity index is 1.81. The number of nitrogens with zero attached hydrogens (tertiary/aromatic N) is 2. The summed E-state index contributed by atoms with van der Waals surface area (Å²) >= 11 is 0. The van der Waals surface area contributed by atoms with Gasteiger partial charge in [-0.15, -0.1) is 0 Å². The van der Waals surface area contributed by atoms with Crippen molar-refractivity contribution in [2.75, 3.05) is 7.11 Å². The van der Waals surface area contributed by atoms with E-state index >= 15 is 0 Å². The number of hydrogen-bond acceptors (Lipinski definition) is 8. The smallest absolute Gasteiger partial charge is 0.312 e. The summed E-state index contributed by atoms with van der Waals surface area (Å²) in [6, 6.07) is 8.87. The number of hydrogen-bond donors (Lipinski definition) is 2. The molecule has 0 saturated carbocycles. The van der Waals surface area contributed by atoms with Crippen LogP contribution < -0.4 is 14.9 Å². The molecule has 2 aromatic carbocycles. The average Bonchev–Trinajstić information content (AvgIpc) is 3.18. The van der Waals surface area contributed by atoms with Crippen molar-refractivity contribution < 1.29 is 28.9 Å². The number of phenolic OH excluding ortho intramolecular Hbond substituents is 2. The zero-order chi connectivity index (χ0) is 22.6. The van der Waals surface area contributed by atoms with Crippen LogP contribution in [0.2, 0.25) is 0 Å². The summed E-state index contributed by atoms with van der Waals surface area (Å²) in [7, 11) is 3.18. The summed E-state index contributed by atoms with van der Waals surface area (Å²) in [5, 5.41) is 24.8. The van der Waals surface area contributed by atoms with E-state index in [-0.39, 0.29) is 46.1 Å². The average molecular weight is 434 g/mol. The molecule has 4 aromatic rings. The molecular weight excluding hydrogens is 416 g/mol. The zero-order valence-electron chi connectivity index (χ0n) is 17.2. The summed E-state index contributed by atoms with van der Waals surface area (Å²) < 4.78 is 18.2. The standard InChI is InChI=1S/C23H18N2O7/c1-25-13(5-6-24-25)12-8-20(29)31-19-10-16(28)22-15(27)9-18(32-23(22)21(12)19)11-3-4-17(30-2)14(26)7-11/h3-7,9-10,12,26,28H,8H2,1-2H3. The van der Waals surface area contributed by atoms with Crippen LogP contribution in [0.3, 0.4) is 0 Å². The predicted octanol–water partition coefficient (Wildman–Crippen LogP) is 3.05. The van der Waals surface area contributed by atoms with E-state index in [2.05, 4.69) is 5.10 Å². The van der Waals surface area contributed by atoms with Gasteiger partial charge in [-0.2, -0.15) is 5.10 Å². The highest BCUT2D eigenvalue weighted by molar-refractivity contribution is 5.93. The van der Waals surface area contributed by atoms with Crippen LogP contribution in [0.25, 0.3) is 22.3 Å². The molecule has 2 aromatic heterocycles. The molecule has 0 fully saturated rings. The van der Waals surface area contributed by atoms with Crippen LogP contribution in [0.4, 0.5) is 0 Å². The maximum atomic E-state index is 13.0. The normalized spacial score (nSPS) is 15.4. The van der Waals surface area contributed by atoms with Crippen molar-refractivity contribution in [3.63, 3.8) is 0 Å². The number of benzene rings is 2. The fourth-order valence-electron chi connectivity index (χ4n) is 4.12. The number of carbonyl (C=O) groups is 1. The van der Waals surface area contributed by atoms with E-state index in [1.807, 2.05) is 0 Å². The van der Waals surface area contributed by atoms with Crippen LogP contribution >= 0.6 is 0 Å².